The second kappa shape index (κ2) is 6.51. The third kappa shape index (κ3) is 3.16. The SMILES string of the molecule is CCC1CCN(C(C)c2cc(Br)cs2)C(CN)C1. The monoisotopic (exact) mass is 330 g/mol. The molecule has 2 N–H and O–H groups in total. The Labute approximate surface area is 123 Å². The highest BCUT2D eigenvalue weighted by Crippen LogP contribution is 2.35. The zero-order valence-corrected chi connectivity index (χ0v) is 13.6. The van der Waals surface area contributed by atoms with E-state index in [1.807, 2.05) is 11.3 Å². The minimum absolute atomic E-state index is 0.493. The summed E-state index contributed by atoms with van der Waals surface area (Å²) >= 11 is 5.39. The lowest BCUT2D eigenvalue weighted by molar-refractivity contribution is 0.0786. The summed E-state index contributed by atoms with van der Waals surface area (Å²) in [7, 11) is 0. The summed E-state index contributed by atoms with van der Waals surface area (Å²) in [5, 5.41) is 2.17. The smallest absolute Gasteiger partial charge is 0.0417 e. The highest BCUT2D eigenvalue weighted by atomic mass is 79.9. The number of hydrogen-bond donors (Lipinski definition) is 1. The van der Waals surface area contributed by atoms with Crippen LogP contribution in [0.1, 0.15) is 44.0 Å². The van der Waals surface area contributed by atoms with Crippen LogP contribution in [0.3, 0.4) is 0 Å². The molecule has 0 aliphatic carbocycles. The van der Waals surface area contributed by atoms with Crippen LogP contribution in [0.2, 0.25) is 0 Å². The molecule has 3 unspecified atom stereocenters. The molecule has 1 fully saturated rings. The molecule has 2 rings (SSSR count). The Morgan fingerprint density at radius 1 is 1.61 bits per heavy atom. The molecular weight excluding hydrogens is 308 g/mol. The Morgan fingerprint density at radius 2 is 2.39 bits per heavy atom. The molecule has 0 aromatic carbocycles. The van der Waals surface area contributed by atoms with Gasteiger partial charge in [-0.1, -0.05) is 13.3 Å². The minimum Gasteiger partial charge on any atom is -0.329 e. The zero-order chi connectivity index (χ0) is 13.1. The van der Waals surface area contributed by atoms with Crippen molar-refractivity contribution in [1.29, 1.82) is 0 Å². The largest absolute Gasteiger partial charge is 0.329 e. The normalized spacial score (nSPS) is 27.3. The van der Waals surface area contributed by atoms with Crippen molar-refractivity contribution >= 4 is 27.3 Å². The molecule has 0 bridgehead atoms. The van der Waals surface area contributed by atoms with Crippen molar-refractivity contribution < 1.29 is 0 Å². The van der Waals surface area contributed by atoms with Crippen molar-refractivity contribution in [2.24, 2.45) is 11.7 Å². The van der Waals surface area contributed by atoms with Crippen LogP contribution in [0.5, 0.6) is 0 Å². The van der Waals surface area contributed by atoms with Crippen molar-refractivity contribution in [2.75, 3.05) is 13.1 Å². The molecule has 1 aliphatic rings. The van der Waals surface area contributed by atoms with Crippen LogP contribution in [-0.4, -0.2) is 24.0 Å². The third-order valence-electron chi connectivity index (χ3n) is 4.22. The Balaban J connectivity index is 2.07. The Bertz CT molecular complexity index is 380. The predicted molar refractivity (Wildman–Crippen MR) is 83.0 cm³/mol. The minimum atomic E-state index is 0.493. The van der Waals surface area contributed by atoms with Gasteiger partial charge in [0.1, 0.15) is 0 Å². The Kier molecular flexibility index (Phi) is 5.24. The van der Waals surface area contributed by atoms with E-state index in [1.165, 1.54) is 35.2 Å². The van der Waals surface area contributed by atoms with E-state index in [4.69, 9.17) is 5.73 Å². The maximum absolute atomic E-state index is 5.98. The van der Waals surface area contributed by atoms with Crippen LogP contribution in [0, 0.1) is 5.92 Å². The maximum Gasteiger partial charge on any atom is 0.0417 e. The lowest BCUT2D eigenvalue weighted by Gasteiger charge is -2.42. The zero-order valence-electron chi connectivity index (χ0n) is 11.2. The van der Waals surface area contributed by atoms with E-state index < -0.39 is 0 Å². The van der Waals surface area contributed by atoms with Gasteiger partial charge in [0.05, 0.1) is 0 Å². The predicted octanol–water partition coefficient (Wildman–Crippen LogP) is 4.02. The number of halogens is 1. The van der Waals surface area contributed by atoms with Gasteiger partial charge in [-0.3, -0.25) is 4.90 Å². The summed E-state index contributed by atoms with van der Waals surface area (Å²) in [6.07, 6.45) is 3.89. The summed E-state index contributed by atoms with van der Waals surface area (Å²) in [5.74, 6) is 0.872. The van der Waals surface area contributed by atoms with E-state index >= 15 is 0 Å². The van der Waals surface area contributed by atoms with Crippen molar-refractivity contribution in [2.45, 2.75) is 45.2 Å². The average molecular weight is 331 g/mol. The van der Waals surface area contributed by atoms with E-state index in [-0.39, 0.29) is 0 Å². The van der Waals surface area contributed by atoms with Gasteiger partial charge in [0.2, 0.25) is 0 Å². The van der Waals surface area contributed by atoms with Crippen molar-refractivity contribution in [3.8, 4) is 0 Å². The van der Waals surface area contributed by atoms with E-state index in [2.05, 4.69) is 46.1 Å². The van der Waals surface area contributed by atoms with Gasteiger partial charge >= 0.3 is 0 Å². The van der Waals surface area contributed by atoms with E-state index in [9.17, 15) is 0 Å². The van der Waals surface area contributed by atoms with Crippen LogP contribution in [0.4, 0.5) is 0 Å². The highest BCUT2D eigenvalue weighted by molar-refractivity contribution is 9.10. The maximum atomic E-state index is 5.98. The molecule has 0 radical (unpaired) electrons. The molecule has 3 atom stereocenters. The lowest BCUT2D eigenvalue weighted by Crippen LogP contribution is -2.47. The molecule has 0 saturated carbocycles. The van der Waals surface area contributed by atoms with Gasteiger partial charge < -0.3 is 5.73 Å². The van der Waals surface area contributed by atoms with Crippen molar-refractivity contribution in [3.05, 3.63) is 20.8 Å². The van der Waals surface area contributed by atoms with Crippen LogP contribution >= 0.6 is 27.3 Å². The molecule has 1 aromatic heterocycles. The number of nitrogens with two attached hydrogens (primary N) is 1. The van der Waals surface area contributed by atoms with Gasteiger partial charge in [0.15, 0.2) is 0 Å². The molecule has 4 heteroatoms. The number of likely N-dealkylation sites (tertiary alicyclic amines) is 1. The van der Waals surface area contributed by atoms with Gasteiger partial charge in [-0.15, -0.1) is 11.3 Å². The first-order chi connectivity index (χ1) is 8.65. The Morgan fingerprint density at radius 3 is 2.94 bits per heavy atom. The number of thiophene rings is 1. The molecule has 1 aliphatic heterocycles. The standard InChI is InChI=1S/C14H23BrN2S/c1-3-11-4-5-17(13(6-11)8-16)10(2)14-7-12(15)9-18-14/h7,9-11,13H,3-6,8,16H2,1-2H3. The molecule has 102 valence electrons. The van der Waals surface area contributed by atoms with E-state index in [0.29, 0.717) is 12.1 Å². The summed E-state index contributed by atoms with van der Waals surface area (Å²) in [4.78, 5) is 4.04. The second-order valence-electron chi connectivity index (χ2n) is 5.27. The average Bonchev–Trinajstić information content (AvgIpc) is 2.83. The fraction of sp³-hybridized carbons (Fsp3) is 0.714. The summed E-state index contributed by atoms with van der Waals surface area (Å²) in [5.41, 5.74) is 5.98. The first-order valence-electron chi connectivity index (χ1n) is 6.85. The van der Waals surface area contributed by atoms with E-state index in [1.54, 1.807) is 0 Å². The quantitative estimate of drug-likeness (QED) is 0.903. The summed E-state index contributed by atoms with van der Waals surface area (Å²) < 4.78 is 1.20. The lowest BCUT2D eigenvalue weighted by atomic mass is 9.88. The number of hydrogen-bond acceptors (Lipinski definition) is 3. The molecule has 18 heavy (non-hydrogen) atoms. The molecule has 1 saturated heterocycles. The number of nitrogens with zero attached hydrogens (tertiary/aromatic N) is 1. The first kappa shape index (κ1) is 14.5. The first-order valence-corrected chi connectivity index (χ1v) is 8.52. The molecular formula is C14H23BrN2S. The second-order valence-corrected chi connectivity index (χ2v) is 7.13. The van der Waals surface area contributed by atoms with Gasteiger partial charge in [0.25, 0.3) is 0 Å². The molecule has 2 nitrogen and oxygen atoms in total. The summed E-state index contributed by atoms with van der Waals surface area (Å²) in [6, 6.07) is 3.29. The highest BCUT2D eigenvalue weighted by Gasteiger charge is 2.30. The fourth-order valence-corrected chi connectivity index (χ4v) is 4.50. The van der Waals surface area contributed by atoms with Crippen LogP contribution < -0.4 is 5.73 Å². The molecule has 2 heterocycles. The number of piperidine rings is 1. The topological polar surface area (TPSA) is 29.3 Å². The summed E-state index contributed by atoms with van der Waals surface area (Å²) in [6.45, 7) is 6.59. The number of rotatable bonds is 4. The van der Waals surface area contributed by atoms with Crippen LogP contribution in [-0.2, 0) is 0 Å². The van der Waals surface area contributed by atoms with Gasteiger partial charge in [-0.25, -0.2) is 0 Å². The Hall–Kier alpha value is 0.1000. The van der Waals surface area contributed by atoms with Crippen LogP contribution in [0.15, 0.2) is 15.9 Å². The van der Waals surface area contributed by atoms with Crippen LogP contribution in [0.25, 0.3) is 0 Å². The fourth-order valence-electron chi connectivity index (χ4n) is 2.98. The van der Waals surface area contributed by atoms with Crippen molar-refractivity contribution in [1.82, 2.24) is 4.90 Å². The molecule has 1 aromatic rings. The van der Waals surface area contributed by atoms with Gasteiger partial charge in [-0.2, -0.15) is 0 Å². The van der Waals surface area contributed by atoms with Gasteiger partial charge in [-0.05, 0) is 54.2 Å². The molecule has 0 amide bonds. The molecule has 0 spiro atoms. The van der Waals surface area contributed by atoms with Gasteiger partial charge in [0, 0.05) is 33.4 Å². The third-order valence-corrected chi connectivity index (χ3v) is 6.08. The van der Waals surface area contributed by atoms with Crippen molar-refractivity contribution in [3.63, 3.8) is 0 Å². The van der Waals surface area contributed by atoms with E-state index in [0.717, 1.165) is 12.5 Å².